The Morgan fingerprint density at radius 2 is 1.21 bits per heavy atom. The minimum absolute atomic E-state index is 0.0732. The number of para-hydroxylation sites is 2. The number of nitrogens with zero attached hydrogens (tertiary/aromatic N) is 4. The van der Waals surface area contributed by atoms with Crippen LogP contribution in [0.25, 0.3) is 129 Å². The van der Waals surface area contributed by atoms with Gasteiger partial charge in [-0.15, -0.1) is 22.7 Å². The maximum Gasteiger partial charge on any atom is 0.164 e. The number of aromatic nitrogens is 4. The molecule has 0 radical (unpaired) electrons. The molecular weight excluding hydrogens is 909 g/mol. The van der Waals surface area contributed by atoms with Gasteiger partial charge in [-0.2, -0.15) is 0 Å². The number of benzene rings is 8. The number of thiophene rings is 2. The molecule has 0 bridgehead atoms. The van der Waals surface area contributed by atoms with Gasteiger partial charge in [0.15, 0.2) is 17.5 Å². The average molecular weight is 947 g/mol. The van der Waals surface area contributed by atoms with Gasteiger partial charge in [0.05, 0.1) is 11.0 Å². The van der Waals surface area contributed by atoms with Gasteiger partial charge < -0.3 is 13.7 Å². The fourth-order valence-corrected chi connectivity index (χ4v) is 14.0. The zero-order valence-electron chi connectivity index (χ0n) is 38.0. The molecule has 1 aliphatic heterocycles. The first-order valence-electron chi connectivity index (χ1n) is 24.2. The number of ether oxygens (including phenoxy) is 1. The summed E-state index contributed by atoms with van der Waals surface area (Å²) in [4.78, 5) is 16.2. The second-order valence-electron chi connectivity index (χ2n) is 18.8. The molecule has 13 aromatic rings. The zero-order chi connectivity index (χ0) is 46.3. The van der Waals surface area contributed by atoms with Crippen LogP contribution in [0.2, 0.25) is 0 Å². The molecule has 2 aliphatic carbocycles. The fourth-order valence-electron chi connectivity index (χ4n) is 11.8. The van der Waals surface area contributed by atoms with Crippen LogP contribution in [0.15, 0.2) is 209 Å². The van der Waals surface area contributed by atoms with Gasteiger partial charge in [0.25, 0.3) is 0 Å². The number of rotatable bonds is 5. The van der Waals surface area contributed by atoms with Gasteiger partial charge in [0.2, 0.25) is 0 Å². The summed E-state index contributed by atoms with van der Waals surface area (Å²) in [5.74, 6) is 2.89. The van der Waals surface area contributed by atoms with Crippen LogP contribution in [0.3, 0.4) is 0 Å². The van der Waals surface area contributed by atoms with E-state index in [1.807, 2.05) is 11.3 Å². The maximum atomic E-state index is 6.75. The Hall–Kier alpha value is -8.43. The van der Waals surface area contributed by atoms with Crippen LogP contribution in [0.4, 0.5) is 0 Å². The molecule has 0 amide bonds. The monoisotopic (exact) mass is 946 g/mol. The summed E-state index contributed by atoms with van der Waals surface area (Å²) >= 11 is 3.66. The Balaban J connectivity index is 0.923. The molecule has 0 spiro atoms. The van der Waals surface area contributed by atoms with Crippen LogP contribution < -0.4 is 0 Å². The highest BCUT2D eigenvalue weighted by Gasteiger charge is 2.34. The van der Waals surface area contributed by atoms with E-state index in [-0.39, 0.29) is 6.10 Å². The standard InChI is InChI=1S/C63H38N4O2S2/c1-2-13-37(14-3-1)67-47-30-32-55-59(42-17-6-9-25-53(42)71-55)58(47)43-19-10-18-38(60(43)67)35-28-31-49-46(33-35)56-44(20-11-23-50(56)68-49)62-64-61(36-27-29-40-39-15-4-7-22-48(39)69-51(40)34-36)65-63(66-62)45-21-12-26-54-57(45)41-16-5-8-24-52(41)70-54/h1-3,5-14,16-33,51H,4,15,34H2. The van der Waals surface area contributed by atoms with E-state index < -0.39 is 0 Å². The molecule has 1 unspecified atom stereocenters. The fraction of sp³-hybridized carbons (Fsp3) is 0.0635. The summed E-state index contributed by atoms with van der Waals surface area (Å²) in [5.41, 5.74) is 12.8. The third-order valence-electron chi connectivity index (χ3n) is 14.9. The van der Waals surface area contributed by atoms with Crippen molar-refractivity contribution in [3.63, 3.8) is 0 Å². The molecule has 1 atom stereocenters. The van der Waals surface area contributed by atoms with Crippen molar-refractivity contribution in [1.29, 1.82) is 0 Å². The molecular formula is C63H38N4O2S2. The van der Waals surface area contributed by atoms with E-state index in [0.717, 1.165) is 79.4 Å². The Morgan fingerprint density at radius 3 is 2.06 bits per heavy atom. The molecule has 8 aromatic carbocycles. The van der Waals surface area contributed by atoms with Crippen LogP contribution in [0.5, 0.6) is 0 Å². The van der Waals surface area contributed by atoms with Gasteiger partial charge in [0.1, 0.15) is 23.0 Å². The second-order valence-corrected chi connectivity index (χ2v) is 21.0. The quantitative estimate of drug-likeness (QED) is 0.172. The van der Waals surface area contributed by atoms with Crippen LogP contribution in [0, 0.1) is 0 Å². The van der Waals surface area contributed by atoms with Crippen molar-refractivity contribution in [2.45, 2.75) is 25.4 Å². The highest BCUT2D eigenvalue weighted by atomic mass is 32.1. The van der Waals surface area contributed by atoms with Gasteiger partial charge in [-0.25, -0.2) is 15.0 Å². The molecule has 6 heterocycles. The first-order valence-corrected chi connectivity index (χ1v) is 25.9. The van der Waals surface area contributed by atoms with Gasteiger partial charge in [-0.3, -0.25) is 0 Å². The van der Waals surface area contributed by atoms with Crippen LogP contribution in [-0.4, -0.2) is 25.6 Å². The van der Waals surface area contributed by atoms with Crippen molar-refractivity contribution in [3.05, 3.63) is 211 Å². The van der Waals surface area contributed by atoms with Crippen LogP contribution in [-0.2, 0) is 4.74 Å². The van der Waals surface area contributed by atoms with Crippen molar-refractivity contribution in [3.8, 4) is 39.6 Å². The average Bonchev–Trinajstić information content (AvgIpc) is 4.25. The number of hydrogen-bond acceptors (Lipinski definition) is 7. The largest absolute Gasteiger partial charge is 0.485 e. The van der Waals surface area contributed by atoms with E-state index in [2.05, 4.69) is 193 Å². The normalized spacial score (nSPS) is 15.7. The molecule has 5 aromatic heterocycles. The molecule has 0 N–H and O–H groups in total. The van der Waals surface area contributed by atoms with Crippen molar-refractivity contribution in [2.24, 2.45) is 0 Å². The van der Waals surface area contributed by atoms with Crippen LogP contribution >= 0.6 is 22.7 Å². The number of fused-ring (bicyclic) bond motifs is 15. The number of allylic oxidation sites excluding steroid dienone is 4. The zero-order valence-corrected chi connectivity index (χ0v) is 39.7. The lowest BCUT2D eigenvalue weighted by Crippen LogP contribution is -2.15. The van der Waals surface area contributed by atoms with E-state index in [9.17, 15) is 0 Å². The van der Waals surface area contributed by atoms with Gasteiger partial charge in [-0.1, -0.05) is 121 Å². The third-order valence-corrected chi connectivity index (χ3v) is 17.2. The molecule has 334 valence electrons. The van der Waals surface area contributed by atoms with Crippen molar-refractivity contribution in [1.82, 2.24) is 19.5 Å². The van der Waals surface area contributed by atoms with E-state index >= 15 is 0 Å². The summed E-state index contributed by atoms with van der Waals surface area (Å²) < 4.78 is 20.8. The molecule has 8 heteroatoms. The SMILES string of the molecule is C1=CC2=C(CC1)C1=CC=C(c3nc(-c4cccc5oc6ccc(-c7cccc8c9c%10c(ccc9n(-c9ccccc9)c78)sc7ccccc7%10)cc6c45)nc(-c4cccc5sc6ccccc6c45)n3)CC1O2. The molecule has 0 saturated carbocycles. The van der Waals surface area contributed by atoms with Crippen molar-refractivity contribution < 1.29 is 9.15 Å². The summed E-state index contributed by atoms with van der Waals surface area (Å²) in [6.45, 7) is 0. The highest BCUT2D eigenvalue weighted by Crippen LogP contribution is 2.48. The van der Waals surface area contributed by atoms with E-state index in [1.165, 1.54) is 67.9 Å². The second kappa shape index (κ2) is 15.0. The smallest absolute Gasteiger partial charge is 0.164 e. The highest BCUT2D eigenvalue weighted by molar-refractivity contribution is 7.26. The summed E-state index contributed by atoms with van der Waals surface area (Å²) in [5, 5.41) is 9.43. The lowest BCUT2D eigenvalue weighted by molar-refractivity contribution is 0.179. The van der Waals surface area contributed by atoms with Crippen molar-refractivity contribution in [2.75, 3.05) is 0 Å². The number of furan rings is 1. The summed E-state index contributed by atoms with van der Waals surface area (Å²) in [7, 11) is 0. The van der Waals surface area contributed by atoms with E-state index in [0.29, 0.717) is 23.9 Å². The first kappa shape index (κ1) is 39.4. The number of hydrogen-bond donors (Lipinski definition) is 0. The predicted molar refractivity (Wildman–Crippen MR) is 294 cm³/mol. The van der Waals surface area contributed by atoms with Gasteiger partial charge >= 0.3 is 0 Å². The van der Waals surface area contributed by atoms with Crippen molar-refractivity contribution >= 4 is 112 Å². The third kappa shape index (κ3) is 5.83. The molecule has 0 fully saturated rings. The Morgan fingerprint density at radius 1 is 0.521 bits per heavy atom. The molecule has 16 rings (SSSR count). The van der Waals surface area contributed by atoms with E-state index in [1.54, 1.807) is 11.3 Å². The molecule has 6 nitrogen and oxygen atoms in total. The van der Waals surface area contributed by atoms with E-state index in [4.69, 9.17) is 24.1 Å². The summed E-state index contributed by atoms with van der Waals surface area (Å²) in [6.07, 6.45) is 11.4. The molecule has 3 aliphatic rings. The summed E-state index contributed by atoms with van der Waals surface area (Å²) in [6, 6.07) is 58.9. The Labute approximate surface area is 414 Å². The minimum atomic E-state index is -0.0732. The van der Waals surface area contributed by atoms with Gasteiger partial charge in [-0.05, 0) is 90.7 Å². The van der Waals surface area contributed by atoms with Gasteiger partial charge in [0, 0.05) is 102 Å². The topological polar surface area (TPSA) is 66.0 Å². The predicted octanol–water partition coefficient (Wildman–Crippen LogP) is 17.3. The molecule has 71 heavy (non-hydrogen) atoms. The maximum absolute atomic E-state index is 6.75. The Bertz CT molecular complexity index is 4600. The lowest BCUT2D eigenvalue weighted by Gasteiger charge is -2.20. The lowest BCUT2D eigenvalue weighted by atomic mass is 9.88. The minimum Gasteiger partial charge on any atom is -0.485 e. The first-order chi connectivity index (χ1) is 35.2. The Kier molecular flexibility index (Phi) is 8.35. The molecule has 0 saturated heterocycles. The van der Waals surface area contributed by atoms with Crippen LogP contribution in [0.1, 0.15) is 25.1 Å².